The lowest BCUT2D eigenvalue weighted by atomic mass is 9.63. The number of hydrogen-bond donors (Lipinski definition) is 1. The summed E-state index contributed by atoms with van der Waals surface area (Å²) < 4.78 is 0. The zero-order valence-corrected chi connectivity index (χ0v) is 10.9. The highest BCUT2D eigenvalue weighted by Crippen LogP contribution is 2.46. The van der Waals surface area contributed by atoms with E-state index < -0.39 is 0 Å². The number of nitrogens with zero attached hydrogens (tertiary/aromatic N) is 2. The van der Waals surface area contributed by atoms with Crippen LogP contribution >= 0.6 is 0 Å². The highest BCUT2D eigenvalue weighted by atomic mass is 16.2. The summed E-state index contributed by atoms with van der Waals surface area (Å²) in [5.41, 5.74) is 0. The molecule has 1 amide bonds. The Morgan fingerprint density at radius 1 is 1.39 bits per heavy atom. The molecule has 5 unspecified atom stereocenters. The predicted octanol–water partition coefficient (Wildman–Crippen LogP) is 0.993. The molecule has 0 spiro atoms. The molecule has 3 fully saturated rings. The molecule has 3 aliphatic rings. The van der Waals surface area contributed by atoms with Gasteiger partial charge in [-0.1, -0.05) is 0 Å². The maximum atomic E-state index is 11.8. The van der Waals surface area contributed by atoms with E-state index in [0.717, 1.165) is 38.9 Å². The molecular weight excluding hydrogens is 226 g/mol. The van der Waals surface area contributed by atoms with Crippen molar-refractivity contribution in [2.24, 2.45) is 23.7 Å². The third kappa shape index (κ3) is 1.73. The Hall–Kier alpha value is -1.08. The van der Waals surface area contributed by atoms with Gasteiger partial charge in [0.25, 0.3) is 0 Å². The van der Waals surface area contributed by atoms with Crippen LogP contribution in [0, 0.1) is 35.0 Å². The number of nitriles is 1. The Morgan fingerprint density at radius 3 is 2.94 bits per heavy atom. The Morgan fingerprint density at radius 2 is 2.22 bits per heavy atom. The fraction of sp³-hybridized carbons (Fsp3) is 0.857. The Bertz CT molecular complexity index is 389. The van der Waals surface area contributed by atoms with Crippen molar-refractivity contribution in [2.75, 3.05) is 19.6 Å². The van der Waals surface area contributed by atoms with Gasteiger partial charge in [-0.3, -0.25) is 4.79 Å². The number of fused-ring (bicyclic) bond motifs is 2. The van der Waals surface area contributed by atoms with Crippen molar-refractivity contribution in [2.45, 2.75) is 32.2 Å². The second-order valence-electron chi connectivity index (χ2n) is 6.06. The van der Waals surface area contributed by atoms with Crippen molar-refractivity contribution >= 4 is 5.91 Å². The molecule has 4 heteroatoms. The average Bonchev–Trinajstić information content (AvgIpc) is 2.82. The lowest BCUT2D eigenvalue weighted by Gasteiger charge is -2.49. The van der Waals surface area contributed by atoms with Gasteiger partial charge < -0.3 is 10.2 Å². The monoisotopic (exact) mass is 247 g/mol. The SMILES string of the molecule is CC(=O)N1CCCC2C(C#N)C3CNCC3CC21. The van der Waals surface area contributed by atoms with Gasteiger partial charge in [-0.05, 0) is 50.1 Å². The second kappa shape index (κ2) is 4.55. The molecular formula is C14H21N3O. The van der Waals surface area contributed by atoms with Gasteiger partial charge in [0.2, 0.25) is 5.91 Å². The standard InChI is InChI=1S/C14H21N3O/c1-9(18)17-4-2-3-11-12(6-15)13-8-16-7-10(13)5-14(11)17/h10-14,16H,2-5,7-8H2,1H3. The summed E-state index contributed by atoms with van der Waals surface area (Å²) in [6, 6.07) is 2.88. The number of rotatable bonds is 0. The molecule has 1 N–H and O–H groups in total. The van der Waals surface area contributed by atoms with E-state index >= 15 is 0 Å². The number of likely N-dealkylation sites (tertiary alicyclic amines) is 1. The molecule has 4 nitrogen and oxygen atoms in total. The summed E-state index contributed by atoms with van der Waals surface area (Å²) in [4.78, 5) is 13.8. The first-order valence-corrected chi connectivity index (χ1v) is 7.10. The van der Waals surface area contributed by atoms with Crippen molar-refractivity contribution in [1.82, 2.24) is 10.2 Å². The molecule has 0 bridgehead atoms. The smallest absolute Gasteiger partial charge is 0.219 e. The van der Waals surface area contributed by atoms with Gasteiger partial charge >= 0.3 is 0 Å². The van der Waals surface area contributed by atoms with Gasteiger partial charge in [0, 0.05) is 19.5 Å². The van der Waals surface area contributed by atoms with Crippen LogP contribution in [0.5, 0.6) is 0 Å². The van der Waals surface area contributed by atoms with E-state index in [-0.39, 0.29) is 11.8 Å². The van der Waals surface area contributed by atoms with Gasteiger partial charge in [0.05, 0.1) is 12.0 Å². The van der Waals surface area contributed by atoms with E-state index in [2.05, 4.69) is 11.4 Å². The van der Waals surface area contributed by atoms with E-state index in [1.165, 1.54) is 0 Å². The highest BCUT2D eigenvalue weighted by molar-refractivity contribution is 5.73. The molecule has 18 heavy (non-hydrogen) atoms. The van der Waals surface area contributed by atoms with Crippen LogP contribution in [0.1, 0.15) is 26.2 Å². The second-order valence-corrected chi connectivity index (χ2v) is 6.06. The molecule has 2 saturated heterocycles. The van der Waals surface area contributed by atoms with Gasteiger partial charge in [-0.25, -0.2) is 0 Å². The summed E-state index contributed by atoms with van der Waals surface area (Å²) in [6.45, 7) is 4.58. The number of nitrogens with one attached hydrogen (secondary N) is 1. The van der Waals surface area contributed by atoms with Crippen LogP contribution < -0.4 is 5.32 Å². The van der Waals surface area contributed by atoms with Gasteiger partial charge in [0.1, 0.15) is 0 Å². The van der Waals surface area contributed by atoms with Crippen LogP contribution in [0.2, 0.25) is 0 Å². The van der Waals surface area contributed by atoms with E-state index in [1.807, 2.05) is 4.90 Å². The van der Waals surface area contributed by atoms with Crippen molar-refractivity contribution in [3.8, 4) is 6.07 Å². The van der Waals surface area contributed by atoms with Crippen LogP contribution in [0.25, 0.3) is 0 Å². The number of hydrogen-bond acceptors (Lipinski definition) is 3. The zero-order valence-electron chi connectivity index (χ0n) is 10.9. The average molecular weight is 247 g/mol. The molecule has 2 aliphatic heterocycles. The zero-order chi connectivity index (χ0) is 12.7. The third-order valence-electron chi connectivity index (χ3n) is 5.24. The first-order chi connectivity index (χ1) is 8.72. The molecule has 98 valence electrons. The highest BCUT2D eigenvalue weighted by Gasteiger charge is 2.49. The van der Waals surface area contributed by atoms with E-state index in [0.29, 0.717) is 23.8 Å². The number of piperidine rings is 1. The van der Waals surface area contributed by atoms with Crippen LogP contribution in [0.15, 0.2) is 0 Å². The van der Waals surface area contributed by atoms with Gasteiger partial charge in [-0.15, -0.1) is 0 Å². The first kappa shape index (κ1) is 12.0. The quantitative estimate of drug-likeness (QED) is 0.694. The van der Waals surface area contributed by atoms with Gasteiger partial charge in [-0.2, -0.15) is 5.26 Å². The Kier molecular flexibility index (Phi) is 3.03. The molecule has 5 atom stereocenters. The van der Waals surface area contributed by atoms with Crippen LogP contribution in [-0.2, 0) is 4.79 Å². The van der Waals surface area contributed by atoms with Crippen molar-refractivity contribution in [3.05, 3.63) is 0 Å². The minimum Gasteiger partial charge on any atom is -0.340 e. The van der Waals surface area contributed by atoms with Crippen molar-refractivity contribution in [1.29, 1.82) is 5.26 Å². The van der Waals surface area contributed by atoms with E-state index in [4.69, 9.17) is 0 Å². The van der Waals surface area contributed by atoms with Crippen molar-refractivity contribution < 1.29 is 4.79 Å². The Balaban J connectivity index is 1.88. The molecule has 2 heterocycles. The Labute approximate surface area is 108 Å². The van der Waals surface area contributed by atoms with Crippen LogP contribution in [0.4, 0.5) is 0 Å². The van der Waals surface area contributed by atoms with Crippen molar-refractivity contribution in [3.63, 3.8) is 0 Å². The molecule has 1 saturated carbocycles. The summed E-state index contributed by atoms with van der Waals surface area (Å²) in [6.07, 6.45) is 3.28. The summed E-state index contributed by atoms with van der Waals surface area (Å²) >= 11 is 0. The lowest BCUT2D eigenvalue weighted by molar-refractivity contribution is -0.137. The summed E-state index contributed by atoms with van der Waals surface area (Å²) in [5.74, 6) is 1.85. The predicted molar refractivity (Wildman–Crippen MR) is 67.5 cm³/mol. The van der Waals surface area contributed by atoms with Crippen LogP contribution in [-0.4, -0.2) is 36.5 Å². The normalized spacial score (nSPS) is 42.9. The minimum absolute atomic E-state index is 0.144. The molecule has 0 radical (unpaired) electrons. The number of amides is 1. The molecule has 0 aromatic rings. The summed E-state index contributed by atoms with van der Waals surface area (Å²) in [5, 5.41) is 12.9. The maximum Gasteiger partial charge on any atom is 0.219 e. The number of carbonyl (C=O) groups excluding carboxylic acids is 1. The summed E-state index contributed by atoms with van der Waals surface area (Å²) in [7, 11) is 0. The minimum atomic E-state index is 0.144. The lowest BCUT2D eigenvalue weighted by Crippen LogP contribution is -2.55. The largest absolute Gasteiger partial charge is 0.340 e. The molecule has 1 aliphatic carbocycles. The topological polar surface area (TPSA) is 56.1 Å². The van der Waals surface area contributed by atoms with E-state index in [9.17, 15) is 10.1 Å². The first-order valence-electron chi connectivity index (χ1n) is 7.10. The van der Waals surface area contributed by atoms with Gasteiger partial charge in [0.15, 0.2) is 0 Å². The fourth-order valence-electron chi connectivity index (χ4n) is 4.45. The molecule has 3 rings (SSSR count). The number of carbonyl (C=O) groups is 1. The fourth-order valence-corrected chi connectivity index (χ4v) is 4.45. The third-order valence-corrected chi connectivity index (χ3v) is 5.24. The van der Waals surface area contributed by atoms with E-state index in [1.54, 1.807) is 6.92 Å². The molecule has 0 aromatic carbocycles. The van der Waals surface area contributed by atoms with Crippen LogP contribution in [0.3, 0.4) is 0 Å². The molecule has 0 aromatic heterocycles. The maximum absolute atomic E-state index is 11.8.